The number of hydrogen-bond acceptors (Lipinski definition) is 5. The first-order valence-electron chi connectivity index (χ1n) is 7.46. The molecule has 122 valence electrons. The lowest BCUT2D eigenvalue weighted by molar-refractivity contribution is 0.102. The molecule has 1 atom stereocenters. The van der Waals surface area contributed by atoms with Crippen molar-refractivity contribution in [1.82, 2.24) is 4.98 Å². The maximum Gasteiger partial charge on any atom is 0.255 e. The van der Waals surface area contributed by atoms with Crippen molar-refractivity contribution in [2.24, 2.45) is 5.73 Å². The fourth-order valence-corrected chi connectivity index (χ4v) is 2.06. The Bertz CT molecular complexity index is 645. The molecule has 0 saturated heterocycles. The molecule has 0 aliphatic heterocycles. The van der Waals surface area contributed by atoms with Crippen molar-refractivity contribution in [1.29, 1.82) is 0 Å². The van der Waals surface area contributed by atoms with E-state index < -0.39 is 0 Å². The van der Waals surface area contributed by atoms with Gasteiger partial charge in [0.2, 0.25) is 0 Å². The molecule has 0 radical (unpaired) electrons. The van der Waals surface area contributed by atoms with E-state index in [0.717, 1.165) is 5.56 Å². The van der Waals surface area contributed by atoms with Crippen LogP contribution in [0.1, 0.15) is 35.3 Å². The highest BCUT2D eigenvalue weighted by atomic mass is 16.5. The quantitative estimate of drug-likeness (QED) is 0.680. The molecule has 0 aliphatic carbocycles. The highest BCUT2D eigenvalue weighted by Gasteiger charge is 2.13. The normalized spacial score (nSPS) is 11.8. The molecule has 4 N–H and O–H groups in total. The summed E-state index contributed by atoms with van der Waals surface area (Å²) in [7, 11) is 0. The number of rotatable bonds is 7. The first-order valence-corrected chi connectivity index (χ1v) is 7.46. The molecule has 0 aliphatic rings. The summed E-state index contributed by atoms with van der Waals surface area (Å²) in [6.07, 6.45) is 3.74. The Kier molecular flexibility index (Phi) is 6.08. The van der Waals surface area contributed by atoms with Crippen LogP contribution in [0.15, 0.2) is 42.7 Å². The lowest BCUT2D eigenvalue weighted by Crippen LogP contribution is -2.14. The van der Waals surface area contributed by atoms with Gasteiger partial charge in [0, 0.05) is 48.3 Å². The topological polar surface area (TPSA) is 97.5 Å². The highest BCUT2D eigenvalue weighted by molar-refractivity contribution is 6.04. The molecule has 23 heavy (non-hydrogen) atoms. The van der Waals surface area contributed by atoms with Crippen molar-refractivity contribution < 1.29 is 14.6 Å². The zero-order valence-electron chi connectivity index (χ0n) is 13.0. The Labute approximate surface area is 135 Å². The Balaban J connectivity index is 2.18. The van der Waals surface area contributed by atoms with Crippen LogP contribution < -0.4 is 15.8 Å². The predicted molar refractivity (Wildman–Crippen MR) is 88.4 cm³/mol. The molecule has 2 rings (SSSR count). The summed E-state index contributed by atoms with van der Waals surface area (Å²) < 4.78 is 5.65. The Morgan fingerprint density at radius 2 is 2.09 bits per heavy atom. The second-order valence-corrected chi connectivity index (χ2v) is 5.16. The lowest BCUT2D eigenvalue weighted by atomic mass is 10.0. The van der Waals surface area contributed by atoms with Crippen molar-refractivity contribution in [2.45, 2.75) is 19.4 Å². The van der Waals surface area contributed by atoms with E-state index in [1.54, 1.807) is 42.7 Å². The number of aliphatic hydroxyl groups is 1. The number of aliphatic hydroxyl groups excluding tert-OH is 1. The maximum atomic E-state index is 12.3. The van der Waals surface area contributed by atoms with Crippen molar-refractivity contribution in [2.75, 3.05) is 18.5 Å². The number of nitrogens with two attached hydrogens (primary N) is 1. The molecule has 6 heteroatoms. The lowest BCUT2D eigenvalue weighted by Gasteiger charge is -2.15. The number of benzene rings is 1. The summed E-state index contributed by atoms with van der Waals surface area (Å²) in [5.74, 6) is 0.329. The zero-order chi connectivity index (χ0) is 16.7. The summed E-state index contributed by atoms with van der Waals surface area (Å²) >= 11 is 0. The molecule has 2 aromatic rings. The average Bonchev–Trinajstić information content (AvgIpc) is 2.55. The first kappa shape index (κ1) is 16.9. The van der Waals surface area contributed by atoms with Crippen LogP contribution in [-0.2, 0) is 0 Å². The molecule has 1 unspecified atom stereocenters. The van der Waals surface area contributed by atoms with E-state index in [0.29, 0.717) is 30.0 Å². The molecule has 1 aromatic carbocycles. The molecule has 0 spiro atoms. The molecule has 0 fully saturated rings. The fourth-order valence-electron chi connectivity index (χ4n) is 2.06. The summed E-state index contributed by atoms with van der Waals surface area (Å²) in [4.78, 5) is 16.2. The third kappa shape index (κ3) is 4.77. The largest absolute Gasteiger partial charge is 0.493 e. The Morgan fingerprint density at radius 1 is 1.35 bits per heavy atom. The van der Waals surface area contributed by atoms with Gasteiger partial charge in [0.05, 0.1) is 6.61 Å². The van der Waals surface area contributed by atoms with Gasteiger partial charge in [-0.3, -0.25) is 9.78 Å². The molecular weight excluding hydrogens is 294 g/mol. The SMILES string of the molecule is CC(N)c1ccc(C(=O)Nc2ccncc2)cc1OCCCO. The molecule has 0 saturated carbocycles. The van der Waals surface area contributed by atoms with Crippen molar-refractivity contribution >= 4 is 11.6 Å². The molecule has 6 nitrogen and oxygen atoms in total. The highest BCUT2D eigenvalue weighted by Crippen LogP contribution is 2.26. The van der Waals surface area contributed by atoms with Crippen LogP contribution in [0.4, 0.5) is 5.69 Å². The van der Waals surface area contributed by atoms with E-state index in [9.17, 15) is 4.79 Å². The predicted octanol–water partition coefficient (Wildman–Crippen LogP) is 2.11. The van der Waals surface area contributed by atoms with Gasteiger partial charge in [-0.2, -0.15) is 0 Å². The van der Waals surface area contributed by atoms with E-state index in [2.05, 4.69) is 10.3 Å². The Hall–Kier alpha value is -2.44. The van der Waals surface area contributed by atoms with Gasteiger partial charge in [-0.1, -0.05) is 6.07 Å². The minimum absolute atomic E-state index is 0.0513. The second kappa shape index (κ2) is 8.26. The third-order valence-electron chi connectivity index (χ3n) is 3.26. The number of pyridine rings is 1. The first-order chi connectivity index (χ1) is 11.1. The van der Waals surface area contributed by atoms with Gasteiger partial charge in [-0.25, -0.2) is 0 Å². The number of ether oxygens (including phenoxy) is 1. The van der Waals surface area contributed by atoms with E-state index >= 15 is 0 Å². The van der Waals surface area contributed by atoms with Gasteiger partial charge < -0.3 is 20.9 Å². The van der Waals surface area contributed by atoms with Crippen LogP contribution in [0.5, 0.6) is 5.75 Å². The van der Waals surface area contributed by atoms with E-state index in [4.69, 9.17) is 15.6 Å². The van der Waals surface area contributed by atoms with E-state index in [1.807, 2.05) is 6.92 Å². The third-order valence-corrected chi connectivity index (χ3v) is 3.26. The van der Waals surface area contributed by atoms with Crippen LogP contribution in [0.2, 0.25) is 0 Å². The second-order valence-electron chi connectivity index (χ2n) is 5.16. The summed E-state index contributed by atoms with van der Waals surface area (Å²) in [6.45, 7) is 2.27. The van der Waals surface area contributed by atoms with Gasteiger partial charge >= 0.3 is 0 Å². The summed E-state index contributed by atoms with van der Waals surface area (Å²) in [6, 6.07) is 8.40. The van der Waals surface area contributed by atoms with Crippen molar-refractivity contribution in [3.8, 4) is 5.75 Å². The van der Waals surface area contributed by atoms with Crippen LogP contribution in [0.3, 0.4) is 0 Å². The number of hydrogen-bond donors (Lipinski definition) is 3. The standard InChI is InChI=1S/C17H21N3O3/c1-12(18)15-4-3-13(11-16(15)23-10-2-9-21)17(22)20-14-5-7-19-8-6-14/h3-8,11-12,21H,2,9-10,18H2,1H3,(H,19,20,22). The monoisotopic (exact) mass is 315 g/mol. The van der Waals surface area contributed by atoms with Crippen LogP contribution >= 0.6 is 0 Å². The van der Waals surface area contributed by atoms with E-state index in [-0.39, 0.29) is 18.6 Å². The van der Waals surface area contributed by atoms with Crippen LogP contribution in [0.25, 0.3) is 0 Å². The van der Waals surface area contributed by atoms with Crippen LogP contribution in [-0.4, -0.2) is 29.2 Å². The number of nitrogens with one attached hydrogen (secondary N) is 1. The number of aromatic nitrogens is 1. The van der Waals surface area contributed by atoms with Gasteiger partial charge in [0.15, 0.2) is 0 Å². The van der Waals surface area contributed by atoms with Crippen molar-refractivity contribution in [3.63, 3.8) is 0 Å². The number of amides is 1. The molecule has 1 amide bonds. The summed E-state index contributed by atoms with van der Waals surface area (Å²) in [5, 5.41) is 11.7. The number of carbonyl (C=O) groups excluding carboxylic acids is 1. The van der Waals surface area contributed by atoms with Crippen molar-refractivity contribution in [3.05, 3.63) is 53.9 Å². The number of anilines is 1. The van der Waals surface area contributed by atoms with Crippen LogP contribution in [0, 0.1) is 0 Å². The van der Waals surface area contributed by atoms with E-state index in [1.165, 1.54) is 0 Å². The van der Waals surface area contributed by atoms with Gasteiger partial charge in [0.1, 0.15) is 5.75 Å². The molecule has 0 bridgehead atoms. The summed E-state index contributed by atoms with van der Waals surface area (Å²) in [5.41, 5.74) is 7.90. The maximum absolute atomic E-state index is 12.3. The molecule has 1 aromatic heterocycles. The van der Waals surface area contributed by atoms with Gasteiger partial charge in [0.25, 0.3) is 5.91 Å². The number of nitrogens with zero attached hydrogens (tertiary/aromatic N) is 1. The Morgan fingerprint density at radius 3 is 2.74 bits per heavy atom. The van der Waals surface area contributed by atoms with Gasteiger partial charge in [-0.15, -0.1) is 0 Å². The molecule has 1 heterocycles. The number of carbonyl (C=O) groups is 1. The fraction of sp³-hybridized carbons (Fsp3) is 0.294. The minimum Gasteiger partial charge on any atom is -0.493 e. The smallest absolute Gasteiger partial charge is 0.255 e. The molecular formula is C17H21N3O3. The zero-order valence-corrected chi connectivity index (χ0v) is 13.0. The minimum atomic E-state index is -0.237. The van der Waals surface area contributed by atoms with Gasteiger partial charge in [-0.05, 0) is 31.2 Å². The average molecular weight is 315 g/mol.